The number of carbonyl (C=O) groups is 2. The molecule has 0 heterocycles. The Morgan fingerprint density at radius 2 is 1.83 bits per heavy atom. The van der Waals surface area contributed by atoms with Crippen LogP contribution in [0.1, 0.15) is 32.8 Å². The molecule has 1 aromatic carbocycles. The number of nitrogens with two attached hydrogens (primary N) is 2. The largest absolute Gasteiger partial charge is 0.480 e. The topological polar surface area (TPSA) is 116 Å². The average molecular weight is 322 g/mol. The van der Waals surface area contributed by atoms with Crippen LogP contribution in [0.5, 0.6) is 0 Å². The van der Waals surface area contributed by atoms with Gasteiger partial charge in [0.25, 0.3) is 0 Å². The number of carboxylic acids is 1. The van der Waals surface area contributed by atoms with Gasteiger partial charge in [-0.1, -0.05) is 36.4 Å². The first kappa shape index (κ1) is 20.7. The van der Waals surface area contributed by atoms with Crippen LogP contribution in [0.25, 0.3) is 0 Å². The molecule has 0 aliphatic heterocycles. The number of carbonyl (C=O) groups excluding carboxylic acids is 1. The van der Waals surface area contributed by atoms with Gasteiger partial charge in [-0.25, -0.2) is 0 Å². The monoisotopic (exact) mass is 322 g/mol. The van der Waals surface area contributed by atoms with E-state index in [-0.39, 0.29) is 12.4 Å². The van der Waals surface area contributed by atoms with Gasteiger partial charge >= 0.3 is 11.9 Å². The Labute approximate surface area is 137 Å². The van der Waals surface area contributed by atoms with E-state index in [1.807, 2.05) is 51.1 Å². The average Bonchev–Trinajstić information content (AvgIpc) is 2.45. The summed E-state index contributed by atoms with van der Waals surface area (Å²) in [7, 11) is 0. The third-order valence-electron chi connectivity index (χ3n) is 2.46. The van der Waals surface area contributed by atoms with Crippen molar-refractivity contribution in [3.05, 3.63) is 48.2 Å². The van der Waals surface area contributed by atoms with Crippen molar-refractivity contribution >= 4 is 11.9 Å². The Bertz CT molecular complexity index is 507. The summed E-state index contributed by atoms with van der Waals surface area (Å²) in [5.41, 5.74) is 10.9. The van der Waals surface area contributed by atoms with Gasteiger partial charge in [0.2, 0.25) is 0 Å². The Hall–Kier alpha value is -2.34. The minimum atomic E-state index is -0.959. The fourth-order valence-electron chi connectivity index (χ4n) is 1.50. The lowest BCUT2D eigenvalue weighted by Crippen LogP contribution is -2.32. The minimum absolute atomic E-state index is 0.244. The number of hydrogen-bond acceptors (Lipinski definition) is 5. The molecule has 0 spiro atoms. The van der Waals surface area contributed by atoms with E-state index in [4.69, 9.17) is 21.3 Å². The Balaban J connectivity index is 0.000000423. The fourth-order valence-corrected chi connectivity index (χ4v) is 1.50. The van der Waals surface area contributed by atoms with Crippen LogP contribution >= 0.6 is 0 Å². The van der Waals surface area contributed by atoms with E-state index in [0.717, 1.165) is 5.56 Å². The van der Waals surface area contributed by atoms with Crippen molar-refractivity contribution in [1.29, 1.82) is 0 Å². The van der Waals surface area contributed by atoms with E-state index < -0.39 is 17.6 Å². The zero-order valence-electron chi connectivity index (χ0n) is 13.9. The van der Waals surface area contributed by atoms with Crippen LogP contribution in [-0.4, -0.2) is 28.7 Å². The lowest BCUT2D eigenvalue weighted by atomic mass is 10.1. The first-order valence-electron chi connectivity index (χ1n) is 7.26. The second-order valence-corrected chi connectivity index (χ2v) is 5.85. The molecule has 6 nitrogen and oxygen atoms in total. The van der Waals surface area contributed by atoms with Gasteiger partial charge in [0.15, 0.2) is 0 Å². The maximum Gasteiger partial charge on any atom is 0.320 e. The number of hydrogen-bond donors (Lipinski definition) is 3. The first-order chi connectivity index (χ1) is 10.7. The fraction of sp³-hybridized carbons (Fsp3) is 0.412. The molecule has 1 aromatic rings. The number of ether oxygens (including phenoxy) is 1. The van der Waals surface area contributed by atoms with Crippen LogP contribution in [0.3, 0.4) is 0 Å². The van der Waals surface area contributed by atoms with Crippen molar-refractivity contribution in [2.24, 2.45) is 11.5 Å². The molecule has 0 saturated carbocycles. The van der Waals surface area contributed by atoms with Gasteiger partial charge in [-0.3, -0.25) is 9.59 Å². The van der Waals surface area contributed by atoms with Crippen molar-refractivity contribution in [2.45, 2.75) is 45.3 Å². The number of rotatable bonds is 5. The Kier molecular flexibility index (Phi) is 9.34. The number of aliphatic carboxylic acids is 1. The van der Waals surface area contributed by atoms with Gasteiger partial charge in [0, 0.05) is 0 Å². The van der Waals surface area contributed by atoms with Crippen molar-refractivity contribution < 1.29 is 19.4 Å². The molecule has 1 atom stereocenters. The zero-order chi connectivity index (χ0) is 17.9. The third-order valence-corrected chi connectivity index (χ3v) is 2.46. The summed E-state index contributed by atoms with van der Waals surface area (Å²) in [6.07, 6.45) is 3.53. The summed E-state index contributed by atoms with van der Waals surface area (Å²) in [6, 6.07) is 8.54. The third kappa shape index (κ3) is 11.9. The highest BCUT2D eigenvalue weighted by atomic mass is 16.6. The molecule has 0 radical (unpaired) electrons. The molecular formula is C17H26N2O4. The summed E-state index contributed by atoms with van der Waals surface area (Å²) in [6.45, 7) is 5.49. The van der Waals surface area contributed by atoms with Crippen molar-refractivity contribution in [3.63, 3.8) is 0 Å². The molecule has 5 N–H and O–H groups in total. The molecular weight excluding hydrogens is 296 g/mol. The predicted molar refractivity (Wildman–Crippen MR) is 89.5 cm³/mol. The molecule has 0 bridgehead atoms. The maximum atomic E-state index is 10.9. The summed E-state index contributed by atoms with van der Waals surface area (Å²) >= 11 is 0. The Morgan fingerprint density at radius 1 is 1.26 bits per heavy atom. The molecule has 0 unspecified atom stereocenters. The highest BCUT2D eigenvalue weighted by Gasteiger charge is 2.14. The highest BCUT2D eigenvalue weighted by molar-refractivity contribution is 5.73. The molecule has 0 aliphatic carbocycles. The molecule has 1 rings (SSSR count). The van der Waals surface area contributed by atoms with Gasteiger partial charge < -0.3 is 21.3 Å². The summed E-state index contributed by atoms with van der Waals surface area (Å²) in [5.74, 6) is -1.21. The summed E-state index contributed by atoms with van der Waals surface area (Å²) in [4.78, 5) is 21.3. The molecule has 0 aliphatic rings. The standard InChI is InChI=1S/C9H11NO2.C8H15NO2/c10-8(9(11)12)6-7-4-2-1-3-5-7;1-8(2,3)11-7(10)5-4-6-9/h1-5,8H,6,10H2,(H,11,12);4,6H,5,9H2,1-3H3/t8-;/m0./s1. The zero-order valence-corrected chi connectivity index (χ0v) is 13.9. The van der Waals surface area contributed by atoms with Crippen LogP contribution < -0.4 is 11.5 Å². The molecule has 0 saturated heterocycles. The van der Waals surface area contributed by atoms with E-state index in [1.165, 1.54) is 6.20 Å². The molecule has 0 fully saturated rings. The predicted octanol–water partition coefficient (Wildman–Crippen LogP) is 1.83. The number of carboxylic acid groups (broad SMARTS) is 1. The second-order valence-electron chi connectivity index (χ2n) is 5.85. The van der Waals surface area contributed by atoms with Crippen LogP contribution in [0.15, 0.2) is 42.6 Å². The Morgan fingerprint density at radius 3 is 2.26 bits per heavy atom. The van der Waals surface area contributed by atoms with Crippen LogP contribution in [0.4, 0.5) is 0 Å². The van der Waals surface area contributed by atoms with E-state index in [2.05, 4.69) is 0 Å². The van der Waals surface area contributed by atoms with E-state index in [0.29, 0.717) is 6.42 Å². The van der Waals surface area contributed by atoms with Crippen LogP contribution in [-0.2, 0) is 20.7 Å². The van der Waals surface area contributed by atoms with Crippen LogP contribution in [0.2, 0.25) is 0 Å². The van der Waals surface area contributed by atoms with E-state index >= 15 is 0 Å². The second kappa shape index (κ2) is 10.4. The van der Waals surface area contributed by atoms with Crippen LogP contribution in [0, 0.1) is 0 Å². The van der Waals surface area contributed by atoms with Gasteiger partial charge in [-0.15, -0.1) is 0 Å². The number of benzene rings is 1. The quantitative estimate of drug-likeness (QED) is 0.712. The first-order valence-corrected chi connectivity index (χ1v) is 7.26. The maximum absolute atomic E-state index is 10.9. The molecule has 128 valence electrons. The molecule has 6 heteroatoms. The summed E-state index contributed by atoms with van der Waals surface area (Å²) < 4.78 is 4.99. The lowest BCUT2D eigenvalue weighted by Gasteiger charge is -2.18. The van der Waals surface area contributed by atoms with Crippen molar-refractivity contribution in [2.75, 3.05) is 0 Å². The van der Waals surface area contributed by atoms with Gasteiger partial charge in [-0.2, -0.15) is 0 Å². The van der Waals surface area contributed by atoms with Crippen molar-refractivity contribution in [3.8, 4) is 0 Å². The minimum Gasteiger partial charge on any atom is -0.480 e. The molecule has 0 amide bonds. The lowest BCUT2D eigenvalue weighted by molar-refractivity contribution is -0.153. The normalized spacial score (nSPS) is 12.2. The van der Waals surface area contributed by atoms with Crippen molar-refractivity contribution in [1.82, 2.24) is 0 Å². The van der Waals surface area contributed by atoms with Gasteiger partial charge in [-0.05, 0) is 39.0 Å². The summed E-state index contributed by atoms with van der Waals surface area (Å²) in [5, 5.41) is 8.52. The van der Waals surface area contributed by atoms with E-state index in [9.17, 15) is 9.59 Å². The molecule has 23 heavy (non-hydrogen) atoms. The molecule has 0 aromatic heterocycles. The highest BCUT2D eigenvalue weighted by Crippen LogP contribution is 2.07. The van der Waals surface area contributed by atoms with Gasteiger partial charge in [0.05, 0.1) is 6.42 Å². The van der Waals surface area contributed by atoms with E-state index in [1.54, 1.807) is 6.08 Å². The SMILES string of the molecule is CC(C)(C)OC(=O)CC=CN.N[C@@H](Cc1ccccc1)C(=O)O. The van der Waals surface area contributed by atoms with Gasteiger partial charge in [0.1, 0.15) is 11.6 Å². The smallest absolute Gasteiger partial charge is 0.320 e. The number of esters is 1.